The number of nitrogens with zero attached hydrogens (tertiary/aromatic N) is 3. The minimum Gasteiger partial charge on any atom is -0.494 e. The summed E-state index contributed by atoms with van der Waals surface area (Å²) in [5.74, 6) is -2.19. The van der Waals surface area contributed by atoms with Gasteiger partial charge in [-0.25, -0.2) is 19.2 Å². The summed E-state index contributed by atoms with van der Waals surface area (Å²) in [7, 11) is 1.27. The molecule has 0 bridgehead atoms. The van der Waals surface area contributed by atoms with Gasteiger partial charge in [-0.15, -0.1) is 0 Å². The summed E-state index contributed by atoms with van der Waals surface area (Å²) in [5, 5.41) is 8.59. The minimum absolute atomic E-state index is 0.0250. The van der Waals surface area contributed by atoms with Crippen LogP contribution in [-0.4, -0.2) is 65.4 Å². The molecule has 0 aliphatic heterocycles. The Hall–Kier alpha value is -4.78. The Balaban J connectivity index is 1.33. The predicted octanol–water partition coefficient (Wildman–Crippen LogP) is 5.01. The molecular formula is C30H34F2N6O5. The first-order valence-corrected chi connectivity index (χ1v) is 13.5. The molecule has 0 saturated heterocycles. The fourth-order valence-electron chi connectivity index (χ4n) is 4.20. The molecule has 4 aromatic rings. The van der Waals surface area contributed by atoms with E-state index >= 15 is 0 Å². The number of aromatic nitrogens is 3. The van der Waals surface area contributed by atoms with Crippen LogP contribution in [0.4, 0.5) is 25.1 Å². The Kier molecular flexibility index (Phi) is 9.76. The number of aryl methyl sites for hydroxylation is 1. The van der Waals surface area contributed by atoms with Crippen LogP contribution in [0, 0.1) is 18.6 Å². The number of benzene rings is 2. The van der Waals surface area contributed by atoms with Gasteiger partial charge in [0.2, 0.25) is 5.82 Å². The number of amides is 2. The van der Waals surface area contributed by atoms with Gasteiger partial charge in [0, 0.05) is 42.3 Å². The summed E-state index contributed by atoms with van der Waals surface area (Å²) in [6.45, 7) is 8.28. The maximum atomic E-state index is 14.8. The van der Waals surface area contributed by atoms with Crippen molar-refractivity contribution in [1.29, 1.82) is 0 Å². The largest absolute Gasteiger partial charge is 0.494 e. The molecule has 4 rings (SSSR count). The van der Waals surface area contributed by atoms with Crippen molar-refractivity contribution in [3.8, 4) is 17.0 Å². The molecule has 228 valence electrons. The molecule has 2 heterocycles. The summed E-state index contributed by atoms with van der Waals surface area (Å²) in [6.07, 6.45) is 4.04. The van der Waals surface area contributed by atoms with Crippen LogP contribution in [0.25, 0.3) is 16.9 Å². The molecule has 0 saturated carbocycles. The monoisotopic (exact) mass is 596 g/mol. The molecule has 2 aromatic carbocycles. The summed E-state index contributed by atoms with van der Waals surface area (Å²) in [5.41, 5.74) is 2.05. The first kappa shape index (κ1) is 31.2. The number of rotatable bonds is 11. The first-order chi connectivity index (χ1) is 20.5. The third-order valence-corrected chi connectivity index (χ3v) is 6.15. The molecule has 0 aliphatic carbocycles. The number of anilines is 2. The smallest absolute Gasteiger partial charge is 0.407 e. The molecule has 0 aliphatic rings. The number of imidazole rings is 1. The van der Waals surface area contributed by atoms with Crippen molar-refractivity contribution in [2.24, 2.45) is 0 Å². The quantitative estimate of drug-likeness (QED) is 0.206. The standard InChI is InChI=1S/C30H34F2N6O5/c1-18-16-19(6-7-20(18)28(39)34-11-14-42-15-12-35-29(40)43-30(2,3)4)37-26-27-36-17-22(38(27)13-10-33-26)21-8-9-23(41-5)25(32)24(21)31/h6-10,13,16-17H,11-12,14-15H2,1-5H3,(H,33,37)(H,34,39)(H,35,40). The lowest BCUT2D eigenvalue weighted by Gasteiger charge is -2.19. The topological polar surface area (TPSA) is 128 Å². The summed E-state index contributed by atoms with van der Waals surface area (Å²) < 4.78 is 46.2. The van der Waals surface area contributed by atoms with E-state index in [1.807, 2.05) is 6.92 Å². The van der Waals surface area contributed by atoms with E-state index in [4.69, 9.17) is 14.2 Å². The maximum Gasteiger partial charge on any atom is 0.407 e. The number of ether oxygens (including phenoxy) is 3. The van der Waals surface area contributed by atoms with Gasteiger partial charge in [-0.2, -0.15) is 4.39 Å². The molecule has 0 radical (unpaired) electrons. The number of nitrogens with one attached hydrogen (secondary N) is 3. The molecule has 0 fully saturated rings. The highest BCUT2D eigenvalue weighted by Gasteiger charge is 2.19. The predicted molar refractivity (Wildman–Crippen MR) is 157 cm³/mol. The van der Waals surface area contributed by atoms with Crippen LogP contribution in [0.15, 0.2) is 48.9 Å². The zero-order chi connectivity index (χ0) is 31.1. The molecule has 43 heavy (non-hydrogen) atoms. The highest BCUT2D eigenvalue weighted by atomic mass is 19.2. The lowest BCUT2D eigenvalue weighted by molar-refractivity contribution is 0.0500. The number of methoxy groups -OCH3 is 1. The zero-order valence-corrected chi connectivity index (χ0v) is 24.6. The van der Waals surface area contributed by atoms with Crippen LogP contribution in [-0.2, 0) is 9.47 Å². The van der Waals surface area contributed by atoms with E-state index in [9.17, 15) is 18.4 Å². The van der Waals surface area contributed by atoms with E-state index in [-0.39, 0.29) is 43.5 Å². The molecule has 0 unspecified atom stereocenters. The Labute approximate surface area is 247 Å². The van der Waals surface area contributed by atoms with Crippen LogP contribution < -0.4 is 20.7 Å². The molecule has 13 heteroatoms. The van der Waals surface area contributed by atoms with E-state index in [1.54, 1.807) is 49.6 Å². The van der Waals surface area contributed by atoms with E-state index in [2.05, 4.69) is 25.9 Å². The Morgan fingerprint density at radius 2 is 1.74 bits per heavy atom. The maximum absolute atomic E-state index is 14.8. The molecule has 3 N–H and O–H groups in total. The van der Waals surface area contributed by atoms with Crippen LogP contribution in [0.3, 0.4) is 0 Å². The Morgan fingerprint density at radius 1 is 1.00 bits per heavy atom. The second kappa shape index (κ2) is 13.5. The van der Waals surface area contributed by atoms with Gasteiger partial charge < -0.3 is 30.2 Å². The summed E-state index contributed by atoms with van der Waals surface area (Å²) >= 11 is 0. The number of carbonyl (C=O) groups excluding carboxylic acids is 2. The SMILES string of the molecule is COc1ccc(-c2cnc3c(Nc4ccc(C(=O)NCCOCCNC(=O)OC(C)(C)C)c(C)c4)nccn23)c(F)c1F. The van der Waals surface area contributed by atoms with E-state index < -0.39 is 23.3 Å². The van der Waals surface area contributed by atoms with Crippen LogP contribution >= 0.6 is 0 Å². The van der Waals surface area contributed by atoms with Gasteiger partial charge in [0.15, 0.2) is 23.0 Å². The number of carbonyl (C=O) groups is 2. The Bertz CT molecular complexity index is 1620. The molecule has 0 atom stereocenters. The Morgan fingerprint density at radius 3 is 2.44 bits per heavy atom. The second-order valence-electron chi connectivity index (χ2n) is 10.5. The van der Waals surface area contributed by atoms with Crippen molar-refractivity contribution < 1.29 is 32.6 Å². The lowest BCUT2D eigenvalue weighted by atomic mass is 10.1. The van der Waals surface area contributed by atoms with E-state index in [0.717, 1.165) is 5.56 Å². The molecule has 2 aromatic heterocycles. The first-order valence-electron chi connectivity index (χ1n) is 13.5. The third kappa shape index (κ3) is 7.74. The molecule has 2 amide bonds. The van der Waals surface area contributed by atoms with E-state index in [0.29, 0.717) is 28.4 Å². The minimum atomic E-state index is -1.08. The third-order valence-electron chi connectivity index (χ3n) is 6.15. The summed E-state index contributed by atoms with van der Waals surface area (Å²) in [4.78, 5) is 33.0. The number of hydrogen-bond acceptors (Lipinski definition) is 8. The fraction of sp³-hybridized carbons (Fsp3) is 0.333. The van der Waals surface area contributed by atoms with Crippen molar-refractivity contribution in [1.82, 2.24) is 25.0 Å². The van der Waals surface area contributed by atoms with Gasteiger partial charge in [-0.3, -0.25) is 9.20 Å². The van der Waals surface area contributed by atoms with Gasteiger partial charge in [0.05, 0.1) is 32.2 Å². The lowest BCUT2D eigenvalue weighted by Crippen LogP contribution is -2.34. The molecular weight excluding hydrogens is 562 g/mol. The van der Waals surface area contributed by atoms with Crippen LogP contribution in [0.5, 0.6) is 5.75 Å². The second-order valence-corrected chi connectivity index (χ2v) is 10.5. The van der Waals surface area contributed by atoms with Gasteiger partial charge in [-0.1, -0.05) is 0 Å². The number of halogens is 2. The van der Waals surface area contributed by atoms with Gasteiger partial charge in [0.25, 0.3) is 5.91 Å². The number of alkyl carbamates (subject to hydrolysis) is 1. The zero-order valence-electron chi connectivity index (χ0n) is 24.6. The molecule has 11 nitrogen and oxygen atoms in total. The van der Waals surface area contributed by atoms with Crippen molar-refractivity contribution in [2.75, 3.05) is 38.7 Å². The van der Waals surface area contributed by atoms with Crippen molar-refractivity contribution >= 4 is 29.2 Å². The van der Waals surface area contributed by atoms with Crippen molar-refractivity contribution in [2.45, 2.75) is 33.3 Å². The average molecular weight is 597 g/mol. The van der Waals surface area contributed by atoms with Crippen LogP contribution in [0.2, 0.25) is 0 Å². The average Bonchev–Trinajstić information content (AvgIpc) is 3.38. The number of hydrogen-bond donors (Lipinski definition) is 3. The van der Waals surface area contributed by atoms with Gasteiger partial charge >= 0.3 is 6.09 Å². The van der Waals surface area contributed by atoms with Crippen LogP contribution in [0.1, 0.15) is 36.7 Å². The highest BCUT2D eigenvalue weighted by Crippen LogP contribution is 2.31. The van der Waals surface area contributed by atoms with Crippen molar-refractivity contribution in [3.63, 3.8) is 0 Å². The fourth-order valence-corrected chi connectivity index (χ4v) is 4.20. The van der Waals surface area contributed by atoms with Crippen molar-refractivity contribution in [3.05, 3.63) is 71.7 Å². The van der Waals surface area contributed by atoms with Gasteiger partial charge in [-0.05, 0) is 63.6 Å². The normalized spacial score (nSPS) is 11.3. The summed E-state index contributed by atoms with van der Waals surface area (Å²) in [6, 6.07) is 7.99. The highest BCUT2D eigenvalue weighted by molar-refractivity contribution is 5.96. The van der Waals surface area contributed by atoms with Gasteiger partial charge in [0.1, 0.15) is 5.60 Å². The number of fused-ring (bicyclic) bond motifs is 1. The van der Waals surface area contributed by atoms with E-state index in [1.165, 1.54) is 31.6 Å². The molecule has 0 spiro atoms.